The van der Waals surface area contributed by atoms with Crippen molar-refractivity contribution in [3.05, 3.63) is 64.1 Å². The van der Waals surface area contributed by atoms with Gasteiger partial charge in [0.15, 0.2) is 0 Å². The summed E-state index contributed by atoms with van der Waals surface area (Å²) in [4.78, 5) is 27.6. The molecule has 0 heterocycles. The number of carbonyl (C=O) groups is 2. The lowest BCUT2D eigenvalue weighted by atomic mass is 10.1. The third-order valence-electron chi connectivity index (χ3n) is 5.16. The first-order valence-corrected chi connectivity index (χ1v) is 13.4. The Morgan fingerprint density at radius 3 is 2.24 bits per heavy atom. The summed E-state index contributed by atoms with van der Waals surface area (Å²) in [6, 6.07) is 13.6. The Kier molecular flexibility index (Phi) is 9.48. The number of rotatable bonds is 10. The van der Waals surface area contributed by atoms with Crippen molar-refractivity contribution < 1.29 is 18.0 Å². The predicted molar refractivity (Wildman–Crippen MR) is 135 cm³/mol. The van der Waals surface area contributed by atoms with Crippen LogP contribution in [-0.2, 0) is 26.2 Å². The largest absolute Gasteiger partial charge is 0.354 e. The van der Waals surface area contributed by atoms with Crippen LogP contribution in [-0.4, -0.2) is 50.5 Å². The molecule has 180 valence electrons. The van der Waals surface area contributed by atoms with Crippen molar-refractivity contribution in [2.24, 2.45) is 5.92 Å². The summed E-state index contributed by atoms with van der Waals surface area (Å²) in [6.45, 7) is 7.75. The highest BCUT2D eigenvalue weighted by atomic mass is 79.9. The summed E-state index contributed by atoms with van der Waals surface area (Å²) < 4.78 is 27.1. The normalized spacial score (nSPS) is 12.3. The quantitative estimate of drug-likeness (QED) is 0.500. The highest BCUT2D eigenvalue weighted by Gasteiger charge is 2.30. The van der Waals surface area contributed by atoms with Crippen molar-refractivity contribution in [1.82, 2.24) is 10.2 Å². The molecule has 0 aromatic heterocycles. The van der Waals surface area contributed by atoms with Gasteiger partial charge in [0.25, 0.3) is 0 Å². The Labute approximate surface area is 205 Å². The molecule has 0 bridgehead atoms. The van der Waals surface area contributed by atoms with Gasteiger partial charge in [-0.25, -0.2) is 8.42 Å². The maximum atomic E-state index is 13.4. The van der Waals surface area contributed by atoms with E-state index in [4.69, 9.17) is 0 Å². The standard InChI is InChI=1S/C24H32BrN3O4S/c1-17(2)14-26-24(30)19(4)27(15-20-9-7-6-8-10-20)23(29)16-28(33(5,31)32)21-11-12-22(25)18(3)13-21/h6-13,17,19H,14-16H2,1-5H3,(H,26,30). The summed E-state index contributed by atoms with van der Waals surface area (Å²) in [6.07, 6.45) is 1.07. The fourth-order valence-electron chi connectivity index (χ4n) is 3.21. The highest BCUT2D eigenvalue weighted by Crippen LogP contribution is 2.25. The summed E-state index contributed by atoms with van der Waals surface area (Å²) in [5, 5.41) is 2.86. The van der Waals surface area contributed by atoms with E-state index in [2.05, 4.69) is 21.2 Å². The number of aryl methyl sites for hydroxylation is 1. The van der Waals surface area contributed by atoms with Crippen molar-refractivity contribution in [3.8, 4) is 0 Å². The van der Waals surface area contributed by atoms with E-state index < -0.39 is 28.5 Å². The lowest BCUT2D eigenvalue weighted by Crippen LogP contribution is -2.51. The number of carbonyl (C=O) groups excluding carboxylic acids is 2. The molecule has 2 rings (SSSR count). The van der Waals surface area contributed by atoms with Crippen molar-refractivity contribution in [2.45, 2.75) is 40.3 Å². The molecule has 0 aliphatic carbocycles. The highest BCUT2D eigenvalue weighted by molar-refractivity contribution is 9.10. The van der Waals surface area contributed by atoms with Crippen LogP contribution >= 0.6 is 15.9 Å². The van der Waals surface area contributed by atoms with Crippen LogP contribution in [0.25, 0.3) is 0 Å². The van der Waals surface area contributed by atoms with Gasteiger partial charge in [-0.2, -0.15) is 0 Å². The van der Waals surface area contributed by atoms with Gasteiger partial charge in [-0.15, -0.1) is 0 Å². The number of benzene rings is 2. The van der Waals surface area contributed by atoms with Crippen LogP contribution < -0.4 is 9.62 Å². The minimum atomic E-state index is -3.75. The average Bonchev–Trinajstić information content (AvgIpc) is 2.75. The monoisotopic (exact) mass is 537 g/mol. The van der Waals surface area contributed by atoms with Gasteiger partial charge in [0, 0.05) is 17.6 Å². The van der Waals surface area contributed by atoms with Crippen LogP contribution in [0.5, 0.6) is 0 Å². The maximum Gasteiger partial charge on any atom is 0.244 e. The van der Waals surface area contributed by atoms with Gasteiger partial charge in [-0.05, 0) is 49.1 Å². The van der Waals surface area contributed by atoms with E-state index >= 15 is 0 Å². The van der Waals surface area contributed by atoms with Gasteiger partial charge < -0.3 is 10.2 Å². The molecule has 0 aliphatic rings. The number of nitrogens with one attached hydrogen (secondary N) is 1. The Morgan fingerprint density at radius 1 is 1.06 bits per heavy atom. The second-order valence-electron chi connectivity index (χ2n) is 8.53. The smallest absolute Gasteiger partial charge is 0.244 e. The zero-order valence-electron chi connectivity index (χ0n) is 19.7. The van der Waals surface area contributed by atoms with Crippen LogP contribution in [0.15, 0.2) is 53.0 Å². The summed E-state index contributed by atoms with van der Waals surface area (Å²) in [7, 11) is -3.75. The molecule has 0 fully saturated rings. The van der Waals surface area contributed by atoms with Gasteiger partial charge in [0.05, 0.1) is 11.9 Å². The second kappa shape index (κ2) is 11.7. The minimum absolute atomic E-state index is 0.187. The van der Waals surface area contributed by atoms with E-state index in [1.165, 1.54) is 4.90 Å². The van der Waals surface area contributed by atoms with Crippen LogP contribution in [0.3, 0.4) is 0 Å². The summed E-state index contributed by atoms with van der Waals surface area (Å²) in [5.41, 5.74) is 2.08. The Hall–Kier alpha value is -2.39. The molecule has 0 radical (unpaired) electrons. The molecule has 9 heteroatoms. The molecule has 7 nitrogen and oxygen atoms in total. The number of nitrogens with zero attached hydrogens (tertiary/aromatic N) is 2. The lowest BCUT2D eigenvalue weighted by Gasteiger charge is -2.31. The zero-order chi connectivity index (χ0) is 24.8. The minimum Gasteiger partial charge on any atom is -0.354 e. The second-order valence-corrected chi connectivity index (χ2v) is 11.3. The Morgan fingerprint density at radius 2 is 1.70 bits per heavy atom. The molecule has 1 unspecified atom stereocenters. The summed E-state index contributed by atoms with van der Waals surface area (Å²) >= 11 is 3.41. The van der Waals surface area contributed by atoms with E-state index in [1.54, 1.807) is 25.1 Å². The number of hydrogen-bond donors (Lipinski definition) is 1. The molecule has 0 saturated carbocycles. The van der Waals surface area contributed by atoms with E-state index in [0.29, 0.717) is 12.2 Å². The first-order chi connectivity index (χ1) is 15.4. The Bertz CT molecular complexity index is 1070. The van der Waals surface area contributed by atoms with Gasteiger partial charge in [-0.1, -0.05) is 60.1 Å². The van der Waals surface area contributed by atoms with E-state index in [9.17, 15) is 18.0 Å². The third-order valence-corrected chi connectivity index (χ3v) is 7.19. The average molecular weight is 539 g/mol. The van der Waals surface area contributed by atoms with Crippen molar-refractivity contribution in [1.29, 1.82) is 0 Å². The van der Waals surface area contributed by atoms with Crippen molar-refractivity contribution in [3.63, 3.8) is 0 Å². The molecule has 2 aromatic carbocycles. The molecule has 0 aliphatic heterocycles. The first-order valence-electron chi connectivity index (χ1n) is 10.7. The van der Waals surface area contributed by atoms with E-state index in [-0.39, 0.29) is 18.4 Å². The maximum absolute atomic E-state index is 13.4. The Balaban J connectivity index is 2.36. The molecule has 2 aromatic rings. The fraction of sp³-hybridized carbons (Fsp3) is 0.417. The van der Waals surface area contributed by atoms with Gasteiger partial charge >= 0.3 is 0 Å². The van der Waals surface area contributed by atoms with Crippen LogP contribution in [0.4, 0.5) is 5.69 Å². The number of sulfonamides is 1. The SMILES string of the molecule is Cc1cc(N(CC(=O)N(Cc2ccccc2)C(C)C(=O)NCC(C)C)S(C)(=O)=O)ccc1Br. The number of hydrogen-bond acceptors (Lipinski definition) is 4. The van der Waals surface area contributed by atoms with E-state index in [0.717, 1.165) is 26.2 Å². The van der Waals surface area contributed by atoms with Gasteiger partial charge in [-0.3, -0.25) is 13.9 Å². The zero-order valence-corrected chi connectivity index (χ0v) is 22.1. The predicted octanol–water partition coefficient (Wildman–Crippen LogP) is 3.71. The summed E-state index contributed by atoms with van der Waals surface area (Å²) in [5.74, 6) is -0.476. The molecule has 2 amide bonds. The third kappa shape index (κ3) is 7.85. The number of amides is 2. The van der Waals surface area contributed by atoms with Crippen LogP contribution in [0.1, 0.15) is 31.9 Å². The van der Waals surface area contributed by atoms with Crippen LogP contribution in [0, 0.1) is 12.8 Å². The molecule has 0 spiro atoms. The van der Waals surface area contributed by atoms with Gasteiger partial charge in [0.2, 0.25) is 21.8 Å². The molecule has 1 atom stereocenters. The van der Waals surface area contributed by atoms with Crippen LogP contribution in [0.2, 0.25) is 0 Å². The lowest BCUT2D eigenvalue weighted by molar-refractivity contribution is -0.139. The van der Waals surface area contributed by atoms with E-state index in [1.807, 2.05) is 51.1 Å². The topological polar surface area (TPSA) is 86.8 Å². The van der Waals surface area contributed by atoms with Crippen molar-refractivity contribution >= 4 is 43.5 Å². The molecule has 1 N–H and O–H groups in total. The molecular weight excluding hydrogens is 506 g/mol. The first kappa shape index (κ1) is 26.9. The molecule has 33 heavy (non-hydrogen) atoms. The van der Waals surface area contributed by atoms with Gasteiger partial charge in [0.1, 0.15) is 12.6 Å². The molecule has 0 saturated heterocycles. The van der Waals surface area contributed by atoms with Crippen molar-refractivity contribution in [2.75, 3.05) is 23.7 Å². The number of halogens is 1. The molecular formula is C24H32BrN3O4S. The number of anilines is 1. The fourth-order valence-corrected chi connectivity index (χ4v) is 4.30.